The highest BCUT2D eigenvalue weighted by Crippen LogP contribution is 2.06. The van der Waals surface area contributed by atoms with Crippen molar-refractivity contribution in [3.8, 4) is 11.8 Å². The van der Waals surface area contributed by atoms with E-state index in [9.17, 15) is 4.79 Å². The Morgan fingerprint density at radius 3 is 2.54 bits per heavy atom. The Balaban J connectivity index is 2.15. The molecular weight excluding hydrogens is 166 g/mol. The number of hydrogen-bond acceptors (Lipinski definition) is 2. The first-order valence-electron chi connectivity index (χ1n) is 4.69. The lowest BCUT2D eigenvalue weighted by Crippen LogP contribution is -2.29. The molecule has 1 fully saturated rings. The molecule has 0 spiro atoms. The quantitative estimate of drug-likeness (QED) is 0.645. The lowest BCUT2D eigenvalue weighted by molar-refractivity contribution is -0.135. The number of piperidine rings is 1. The number of carboxylic acids is 1. The molecule has 0 amide bonds. The topological polar surface area (TPSA) is 40.5 Å². The Morgan fingerprint density at radius 2 is 1.92 bits per heavy atom. The van der Waals surface area contributed by atoms with Crippen LogP contribution in [0.4, 0.5) is 0 Å². The van der Waals surface area contributed by atoms with Crippen molar-refractivity contribution in [1.82, 2.24) is 4.90 Å². The van der Waals surface area contributed by atoms with E-state index in [-0.39, 0.29) is 6.42 Å². The standard InChI is InChI=1S/C10H15NO2/c12-10(13)6-2-5-9-11-7-3-1-4-8-11/h1,3-4,6-9H2,(H,12,13). The molecule has 0 radical (unpaired) electrons. The Kier molecular flexibility index (Phi) is 4.34. The van der Waals surface area contributed by atoms with E-state index in [1.165, 1.54) is 19.3 Å². The van der Waals surface area contributed by atoms with Gasteiger partial charge >= 0.3 is 5.97 Å². The van der Waals surface area contributed by atoms with Crippen LogP contribution in [0, 0.1) is 11.8 Å². The Bertz CT molecular complexity index is 221. The van der Waals surface area contributed by atoms with Crippen molar-refractivity contribution >= 4 is 5.97 Å². The molecule has 1 N–H and O–H groups in total. The maximum Gasteiger partial charge on any atom is 0.315 e. The molecular formula is C10H15NO2. The van der Waals surface area contributed by atoms with E-state index in [1.807, 2.05) is 0 Å². The lowest BCUT2D eigenvalue weighted by Gasteiger charge is -2.23. The fourth-order valence-electron chi connectivity index (χ4n) is 1.42. The van der Waals surface area contributed by atoms with Crippen LogP contribution in [0.15, 0.2) is 0 Å². The van der Waals surface area contributed by atoms with Crippen molar-refractivity contribution < 1.29 is 9.90 Å². The third-order valence-corrected chi connectivity index (χ3v) is 2.12. The van der Waals surface area contributed by atoms with Crippen molar-refractivity contribution in [1.29, 1.82) is 0 Å². The maximum atomic E-state index is 10.1. The molecule has 13 heavy (non-hydrogen) atoms. The first-order valence-corrected chi connectivity index (χ1v) is 4.69. The highest BCUT2D eigenvalue weighted by atomic mass is 16.4. The highest BCUT2D eigenvalue weighted by molar-refractivity contribution is 5.69. The minimum atomic E-state index is -0.842. The molecule has 1 rings (SSSR count). The number of nitrogens with zero attached hydrogens (tertiary/aromatic N) is 1. The highest BCUT2D eigenvalue weighted by Gasteiger charge is 2.07. The summed E-state index contributed by atoms with van der Waals surface area (Å²) in [6.45, 7) is 2.96. The van der Waals surface area contributed by atoms with Crippen molar-refractivity contribution in [2.24, 2.45) is 0 Å². The monoisotopic (exact) mass is 181 g/mol. The summed E-state index contributed by atoms with van der Waals surface area (Å²) in [4.78, 5) is 12.4. The first-order chi connectivity index (χ1) is 6.29. The minimum absolute atomic E-state index is 0.0339. The van der Waals surface area contributed by atoms with E-state index in [0.29, 0.717) is 0 Å². The van der Waals surface area contributed by atoms with Gasteiger partial charge in [-0.25, -0.2) is 0 Å². The Morgan fingerprint density at radius 1 is 1.23 bits per heavy atom. The zero-order valence-electron chi connectivity index (χ0n) is 7.75. The van der Waals surface area contributed by atoms with Gasteiger partial charge < -0.3 is 5.11 Å². The molecule has 1 aliphatic heterocycles. The lowest BCUT2D eigenvalue weighted by atomic mass is 10.1. The zero-order valence-corrected chi connectivity index (χ0v) is 7.75. The Hall–Kier alpha value is -1.01. The number of carboxylic acid groups (broad SMARTS) is 1. The Labute approximate surface area is 78.7 Å². The molecule has 0 aliphatic carbocycles. The fourth-order valence-corrected chi connectivity index (χ4v) is 1.42. The summed E-state index contributed by atoms with van der Waals surface area (Å²) < 4.78 is 0. The second kappa shape index (κ2) is 5.60. The van der Waals surface area contributed by atoms with Crippen LogP contribution >= 0.6 is 0 Å². The van der Waals surface area contributed by atoms with Gasteiger partial charge in [0.15, 0.2) is 0 Å². The van der Waals surface area contributed by atoms with E-state index in [0.717, 1.165) is 19.6 Å². The van der Waals surface area contributed by atoms with Gasteiger partial charge in [-0.05, 0) is 25.9 Å². The fraction of sp³-hybridized carbons (Fsp3) is 0.700. The average molecular weight is 181 g/mol. The smallest absolute Gasteiger partial charge is 0.315 e. The van der Waals surface area contributed by atoms with Gasteiger partial charge in [-0.3, -0.25) is 9.69 Å². The second-order valence-corrected chi connectivity index (χ2v) is 3.26. The SMILES string of the molecule is O=C(O)CC#CCN1CCCCC1. The predicted octanol–water partition coefficient (Wildman–Crippen LogP) is 0.950. The number of likely N-dealkylation sites (tertiary alicyclic amines) is 1. The third kappa shape index (κ3) is 4.54. The minimum Gasteiger partial charge on any atom is -0.481 e. The molecule has 72 valence electrons. The van der Waals surface area contributed by atoms with Crippen LogP contribution < -0.4 is 0 Å². The van der Waals surface area contributed by atoms with E-state index in [4.69, 9.17) is 5.11 Å². The molecule has 3 heteroatoms. The van der Waals surface area contributed by atoms with Gasteiger partial charge in [-0.1, -0.05) is 18.3 Å². The molecule has 0 bridgehead atoms. The molecule has 0 unspecified atom stereocenters. The summed E-state index contributed by atoms with van der Waals surface area (Å²) in [5, 5.41) is 8.33. The third-order valence-electron chi connectivity index (χ3n) is 2.12. The van der Waals surface area contributed by atoms with Crippen molar-refractivity contribution in [3.05, 3.63) is 0 Å². The number of rotatable bonds is 2. The van der Waals surface area contributed by atoms with Crippen LogP contribution in [0.5, 0.6) is 0 Å². The summed E-state index contributed by atoms with van der Waals surface area (Å²) >= 11 is 0. The van der Waals surface area contributed by atoms with E-state index in [1.54, 1.807) is 0 Å². The molecule has 1 heterocycles. The van der Waals surface area contributed by atoms with Gasteiger partial charge in [0.1, 0.15) is 6.42 Å². The van der Waals surface area contributed by atoms with Crippen LogP contribution in [0.1, 0.15) is 25.7 Å². The van der Waals surface area contributed by atoms with Gasteiger partial charge in [0, 0.05) is 0 Å². The second-order valence-electron chi connectivity index (χ2n) is 3.26. The summed E-state index contributed by atoms with van der Waals surface area (Å²) in [5.41, 5.74) is 0. The van der Waals surface area contributed by atoms with Crippen LogP contribution in [0.25, 0.3) is 0 Å². The van der Waals surface area contributed by atoms with Crippen LogP contribution in [-0.2, 0) is 4.79 Å². The maximum absolute atomic E-state index is 10.1. The summed E-state index contributed by atoms with van der Waals surface area (Å²) in [7, 11) is 0. The number of aliphatic carboxylic acids is 1. The van der Waals surface area contributed by atoms with Crippen molar-refractivity contribution in [2.75, 3.05) is 19.6 Å². The zero-order chi connectivity index (χ0) is 9.52. The van der Waals surface area contributed by atoms with E-state index >= 15 is 0 Å². The molecule has 0 aromatic carbocycles. The number of carbonyl (C=O) groups is 1. The van der Waals surface area contributed by atoms with Crippen molar-refractivity contribution in [3.63, 3.8) is 0 Å². The van der Waals surface area contributed by atoms with Gasteiger partial charge in [-0.2, -0.15) is 0 Å². The molecule has 0 saturated carbocycles. The molecule has 1 saturated heterocycles. The van der Waals surface area contributed by atoms with Crippen LogP contribution in [0.2, 0.25) is 0 Å². The van der Waals surface area contributed by atoms with Gasteiger partial charge in [0.25, 0.3) is 0 Å². The van der Waals surface area contributed by atoms with Gasteiger partial charge in [-0.15, -0.1) is 0 Å². The number of hydrogen-bond donors (Lipinski definition) is 1. The largest absolute Gasteiger partial charge is 0.481 e. The molecule has 0 aromatic rings. The normalized spacial score (nSPS) is 17.5. The predicted molar refractivity (Wildman–Crippen MR) is 50.3 cm³/mol. The summed E-state index contributed by atoms with van der Waals surface area (Å²) in [6, 6.07) is 0. The molecule has 3 nitrogen and oxygen atoms in total. The van der Waals surface area contributed by atoms with Crippen molar-refractivity contribution in [2.45, 2.75) is 25.7 Å². The van der Waals surface area contributed by atoms with E-state index in [2.05, 4.69) is 16.7 Å². The molecule has 1 aliphatic rings. The first kappa shape index (κ1) is 10.1. The molecule has 0 aromatic heterocycles. The van der Waals surface area contributed by atoms with Gasteiger partial charge in [0.2, 0.25) is 0 Å². The summed E-state index contributed by atoms with van der Waals surface area (Å²) in [6.07, 6.45) is 3.79. The van der Waals surface area contributed by atoms with E-state index < -0.39 is 5.97 Å². The average Bonchev–Trinajstić information content (AvgIpc) is 2.14. The van der Waals surface area contributed by atoms with Crippen LogP contribution in [-0.4, -0.2) is 35.6 Å². The molecule has 0 atom stereocenters. The summed E-state index contributed by atoms with van der Waals surface area (Å²) in [5.74, 6) is 4.68. The van der Waals surface area contributed by atoms with Gasteiger partial charge in [0.05, 0.1) is 6.54 Å². The van der Waals surface area contributed by atoms with Crippen LogP contribution in [0.3, 0.4) is 0 Å².